The maximum absolute atomic E-state index is 13.9. The van der Waals surface area contributed by atoms with Gasteiger partial charge in [0.1, 0.15) is 17.1 Å². The lowest BCUT2D eigenvalue weighted by atomic mass is 10.1. The number of thiocarbonyl (C=S) groups is 1. The normalized spacial score (nSPS) is 10.6. The molecule has 0 fully saturated rings. The molecule has 0 spiro atoms. The molecule has 2 N–H and O–H groups in total. The summed E-state index contributed by atoms with van der Waals surface area (Å²) in [6.07, 6.45) is 1.45. The molecule has 1 amide bonds. The Labute approximate surface area is 205 Å². The van der Waals surface area contributed by atoms with Gasteiger partial charge in [0.2, 0.25) is 5.95 Å². The Hall–Kier alpha value is -3.38. The van der Waals surface area contributed by atoms with E-state index in [-0.39, 0.29) is 34.9 Å². The molecule has 3 rings (SSSR count). The van der Waals surface area contributed by atoms with Crippen molar-refractivity contribution in [3.8, 4) is 0 Å². The standard InChI is InChI=1S/C22H25FN6O3S2/c1-5-28(6-2)19(30)17-13(3)16(20(31)32-4)18(34-17)25-22(33)26-21-24-12-29(27-21)11-14-9-7-8-10-15(14)23/h7-10,12H,5-6,11H2,1-4H3,(H2,25,26,27,33). The summed E-state index contributed by atoms with van der Waals surface area (Å²) in [7, 11) is 1.28. The summed E-state index contributed by atoms with van der Waals surface area (Å²) in [5.74, 6) is -0.882. The highest BCUT2D eigenvalue weighted by Crippen LogP contribution is 2.34. The molecule has 0 aliphatic carbocycles. The van der Waals surface area contributed by atoms with Crippen LogP contribution in [0.15, 0.2) is 30.6 Å². The number of esters is 1. The first-order valence-electron chi connectivity index (χ1n) is 10.5. The second-order valence-corrected chi connectivity index (χ2v) is 8.59. The highest BCUT2D eigenvalue weighted by molar-refractivity contribution is 7.80. The largest absolute Gasteiger partial charge is 0.465 e. The van der Waals surface area contributed by atoms with Crippen LogP contribution in [0, 0.1) is 12.7 Å². The Balaban J connectivity index is 1.77. The van der Waals surface area contributed by atoms with Crippen molar-refractivity contribution >= 4 is 51.5 Å². The second-order valence-electron chi connectivity index (χ2n) is 7.17. The summed E-state index contributed by atoms with van der Waals surface area (Å²) < 4.78 is 20.3. The minimum atomic E-state index is -0.579. The predicted molar refractivity (Wildman–Crippen MR) is 133 cm³/mol. The molecule has 180 valence electrons. The average molecular weight is 505 g/mol. The number of nitrogens with one attached hydrogen (secondary N) is 2. The van der Waals surface area contributed by atoms with Gasteiger partial charge in [-0.15, -0.1) is 16.4 Å². The third-order valence-electron chi connectivity index (χ3n) is 5.06. The van der Waals surface area contributed by atoms with Crippen molar-refractivity contribution in [1.29, 1.82) is 0 Å². The Bertz CT molecular complexity index is 1210. The molecule has 3 aromatic rings. The predicted octanol–water partition coefficient (Wildman–Crippen LogP) is 3.91. The van der Waals surface area contributed by atoms with E-state index in [0.29, 0.717) is 34.1 Å². The van der Waals surface area contributed by atoms with E-state index in [0.717, 1.165) is 11.3 Å². The maximum atomic E-state index is 13.9. The Kier molecular flexibility index (Phi) is 8.29. The van der Waals surface area contributed by atoms with Crippen LogP contribution in [0.5, 0.6) is 0 Å². The number of ether oxygens (including phenoxy) is 1. The van der Waals surface area contributed by atoms with Crippen LogP contribution >= 0.6 is 23.6 Å². The van der Waals surface area contributed by atoms with Gasteiger partial charge in [-0.05, 0) is 44.6 Å². The number of benzene rings is 1. The van der Waals surface area contributed by atoms with Crippen molar-refractivity contribution in [2.24, 2.45) is 0 Å². The highest BCUT2D eigenvalue weighted by atomic mass is 32.1. The van der Waals surface area contributed by atoms with Crippen molar-refractivity contribution in [3.63, 3.8) is 0 Å². The molecule has 0 radical (unpaired) electrons. The van der Waals surface area contributed by atoms with Crippen LogP contribution in [0.3, 0.4) is 0 Å². The van der Waals surface area contributed by atoms with Crippen molar-refractivity contribution in [1.82, 2.24) is 19.7 Å². The van der Waals surface area contributed by atoms with E-state index in [1.54, 1.807) is 30.0 Å². The second kappa shape index (κ2) is 11.2. The lowest BCUT2D eigenvalue weighted by Gasteiger charge is -2.17. The van der Waals surface area contributed by atoms with Crippen LogP contribution in [0.25, 0.3) is 0 Å². The number of hydrogen-bond acceptors (Lipinski definition) is 7. The third kappa shape index (κ3) is 5.57. The molecule has 0 aliphatic heterocycles. The molecule has 2 heterocycles. The van der Waals surface area contributed by atoms with Crippen LogP contribution < -0.4 is 10.6 Å². The van der Waals surface area contributed by atoms with Gasteiger partial charge in [-0.25, -0.2) is 18.9 Å². The van der Waals surface area contributed by atoms with Gasteiger partial charge in [-0.1, -0.05) is 18.2 Å². The van der Waals surface area contributed by atoms with Crippen LogP contribution in [0.2, 0.25) is 0 Å². The van der Waals surface area contributed by atoms with Gasteiger partial charge in [0.05, 0.1) is 24.1 Å². The lowest BCUT2D eigenvalue weighted by Crippen LogP contribution is -2.30. The fourth-order valence-corrected chi connectivity index (χ4v) is 4.70. The number of hydrogen-bond donors (Lipinski definition) is 2. The number of anilines is 2. The van der Waals surface area contributed by atoms with E-state index in [9.17, 15) is 14.0 Å². The smallest absolute Gasteiger partial charge is 0.341 e. The topological polar surface area (TPSA) is 101 Å². The number of carbonyl (C=O) groups excluding carboxylic acids is 2. The van der Waals surface area contributed by atoms with E-state index >= 15 is 0 Å². The Morgan fingerprint density at radius 3 is 2.59 bits per heavy atom. The van der Waals surface area contributed by atoms with Gasteiger partial charge < -0.3 is 15.0 Å². The minimum absolute atomic E-state index is 0.122. The number of methoxy groups -OCH3 is 1. The number of thiophene rings is 1. The van der Waals surface area contributed by atoms with Gasteiger partial charge in [-0.2, -0.15) is 0 Å². The summed E-state index contributed by atoms with van der Waals surface area (Å²) in [6.45, 7) is 6.78. The molecule has 0 atom stereocenters. The zero-order valence-electron chi connectivity index (χ0n) is 19.2. The molecule has 34 heavy (non-hydrogen) atoms. The first kappa shape index (κ1) is 25.2. The van der Waals surface area contributed by atoms with Crippen molar-refractivity contribution in [2.45, 2.75) is 27.3 Å². The number of halogens is 1. The Morgan fingerprint density at radius 2 is 1.94 bits per heavy atom. The SMILES string of the molecule is CCN(CC)C(=O)c1sc(NC(=S)Nc2ncn(Cc3ccccc3F)n2)c(C(=O)OC)c1C. The van der Waals surface area contributed by atoms with Crippen molar-refractivity contribution in [3.05, 3.63) is 58.0 Å². The molecular weight excluding hydrogens is 479 g/mol. The first-order valence-corrected chi connectivity index (χ1v) is 11.7. The highest BCUT2D eigenvalue weighted by Gasteiger charge is 2.27. The zero-order valence-corrected chi connectivity index (χ0v) is 20.8. The molecule has 9 nitrogen and oxygen atoms in total. The molecule has 1 aromatic carbocycles. The summed E-state index contributed by atoms with van der Waals surface area (Å²) in [4.78, 5) is 31.6. The number of aromatic nitrogens is 3. The zero-order chi connectivity index (χ0) is 24.8. The van der Waals surface area contributed by atoms with Gasteiger partial charge in [0.25, 0.3) is 5.91 Å². The maximum Gasteiger partial charge on any atom is 0.341 e. The fourth-order valence-electron chi connectivity index (χ4n) is 3.27. The van der Waals surface area contributed by atoms with Crippen LogP contribution in [0.1, 0.15) is 45.0 Å². The molecule has 0 saturated heterocycles. The van der Waals surface area contributed by atoms with E-state index < -0.39 is 5.97 Å². The molecule has 2 aromatic heterocycles. The summed E-state index contributed by atoms with van der Waals surface area (Å²) in [5.41, 5.74) is 1.23. The average Bonchev–Trinajstić information content (AvgIpc) is 3.38. The first-order chi connectivity index (χ1) is 16.3. The van der Waals surface area contributed by atoms with Gasteiger partial charge >= 0.3 is 5.97 Å². The monoisotopic (exact) mass is 504 g/mol. The number of carbonyl (C=O) groups is 2. The van der Waals surface area contributed by atoms with Crippen LogP contribution in [-0.4, -0.2) is 56.9 Å². The molecule has 12 heteroatoms. The Morgan fingerprint density at radius 1 is 1.24 bits per heavy atom. The summed E-state index contributed by atoms with van der Waals surface area (Å²) in [6, 6.07) is 6.41. The quantitative estimate of drug-likeness (QED) is 0.352. The number of amides is 1. The van der Waals surface area contributed by atoms with Crippen LogP contribution in [0.4, 0.5) is 15.3 Å². The van der Waals surface area contributed by atoms with E-state index in [2.05, 4.69) is 20.7 Å². The third-order valence-corrected chi connectivity index (χ3v) is 6.46. The molecule has 0 unspecified atom stereocenters. The minimum Gasteiger partial charge on any atom is -0.465 e. The van der Waals surface area contributed by atoms with E-state index in [1.807, 2.05) is 13.8 Å². The van der Waals surface area contributed by atoms with Crippen molar-refractivity contribution in [2.75, 3.05) is 30.8 Å². The molecule has 0 bridgehead atoms. The van der Waals surface area contributed by atoms with Crippen molar-refractivity contribution < 1.29 is 18.7 Å². The van der Waals surface area contributed by atoms with E-state index in [4.69, 9.17) is 17.0 Å². The van der Waals surface area contributed by atoms with Gasteiger partial charge in [0.15, 0.2) is 5.11 Å². The van der Waals surface area contributed by atoms with E-state index in [1.165, 1.54) is 24.2 Å². The lowest BCUT2D eigenvalue weighted by molar-refractivity contribution is 0.0601. The molecular formula is C22H25FN6O3S2. The number of rotatable bonds is 8. The van der Waals surface area contributed by atoms with Gasteiger partial charge in [-0.3, -0.25) is 10.1 Å². The fraction of sp³-hybridized carbons (Fsp3) is 0.318. The molecule has 0 saturated carbocycles. The number of nitrogens with zero attached hydrogens (tertiary/aromatic N) is 4. The summed E-state index contributed by atoms with van der Waals surface area (Å²) >= 11 is 6.49. The summed E-state index contributed by atoms with van der Waals surface area (Å²) in [5, 5.41) is 10.5. The van der Waals surface area contributed by atoms with Crippen LogP contribution in [-0.2, 0) is 11.3 Å². The molecule has 0 aliphatic rings. The van der Waals surface area contributed by atoms with Gasteiger partial charge in [0, 0.05) is 18.7 Å².